The van der Waals surface area contributed by atoms with E-state index in [1.165, 1.54) is 16.6 Å². The van der Waals surface area contributed by atoms with Crippen LogP contribution < -0.4 is 5.32 Å². The molecule has 1 saturated carbocycles. The van der Waals surface area contributed by atoms with Gasteiger partial charge < -0.3 is 9.88 Å². The highest BCUT2D eigenvalue weighted by Gasteiger charge is 2.29. The van der Waals surface area contributed by atoms with Crippen molar-refractivity contribution in [3.05, 3.63) is 57.5 Å². The first-order valence-corrected chi connectivity index (χ1v) is 10.6. The van der Waals surface area contributed by atoms with E-state index >= 15 is 0 Å². The lowest BCUT2D eigenvalue weighted by molar-refractivity contribution is -0.113. The molecule has 2 aromatic heterocycles. The molecule has 8 heteroatoms. The SMILES string of the molecule is O=C(CSc1nnc(Cc2cccs2)n1C1CC1)Nc1cccc(Cl)c1. The van der Waals surface area contributed by atoms with E-state index in [9.17, 15) is 4.79 Å². The first-order chi connectivity index (χ1) is 12.7. The van der Waals surface area contributed by atoms with E-state index in [0.29, 0.717) is 16.8 Å². The minimum absolute atomic E-state index is 0.0811. The van der Waals surface area contributed by atoms with Crippen molar-refractivity contribution in [3.8, 4) is 0 Å². The highest BCUT2D eigenvalue weighted by atomic mass is 35.5. The summed E-state index contributed by atoms with van der Waals surface area (Å²) in [5, 5.41) is 15.1. The van der Waals surface area contributed by atoms with Gasteiger partial charge in [-0.1, -0.05) is 35.5 Å². The Balaban J connectivity index is 1.41. The number of amides is 1. The summed E-state index contributed by atoms with van der Waals surface area (Å²) in [4.78, 5) is 13.5. The lowest BCUT2D eigenvalue weighted by Crippen LogP contribution is -2.14. The quantitative estimate of drug-likeness (QED) is 0.582. The first kappa shape index (κ1) is 17.6. The number of aromatic nitrogens is 3. The van der Waals surface area contributed by atoms with E-state index in [2.05, 4.69) is 31.5 Å². The first-order valence-electron chi connectivity index (χ1n) is 8.33. The lowest BCUT2D eigenvalue weighted by atomic mass is 10.3. The molecule has 2 heterocycles. The molecule has 0 saturated heterocycles. The lowest BCUT2D eigenvalue weighted by Gasteiger charge is -2.08. The third kappa shape index (κ3) is 4.28. The fourth-order valence-corrected chi connectivity index (χ4v) is 4.40. The molecule has 134 valence electrons. The van der Waals surface area contributed by atoms with Crippen LogP contribution in [0.3, 0.4) is 0 Å². The third-order valence-corrected chi connectivity index (χ3v) is 6.05. The van der Waals surface area contributed by atoms with Crippen molar-refractivity contribution in [1.29, 1.82) is 0 Å². The van der Waals surface area contributed by atoms with Crippen LogP contribution in [-0.4, -0.2) is 26.4 Å². The van der Waals surface area contributed by atoms with Crippen LogP contribution in [-0.2, 0) is 11.2 Å². The molecule has 1 aliphatic rings. The van der Waals surface area contributed by atoms with Gasteiger partial charge in [0.15, 0.2) is 5.16 Å². The van der Waals surface area contributed by atoms with E-state index in [-0.39, 0.29) is 11.7 Å². The fourth-order valence-electron chi connectivity index (χ4n) is 2.69. The predicted molar refractivity (Wildman–Crippen MR) is 106 cm³/mol. The number of carbonyl (C=O) groups is 1. The van der Waals surface area contributed by atoms with Crippen molar-refractivity contribution in [1.82, 2.24) is 14.8 Å². The molecule has 1 N–H and O–H groups in total. The van der Waals surface area contributed by atoms with Crippen LogP contribution in [0.5, 0.6) is 0 Å². The Morgan fingerprint density at radius 3 is 2.92 bits per heavy atom. The summed E-state index contributed by atoms with van der Waals surface area (Å²) in [6.07, 6.45) is 3.09. The second-order valence-electron chi connectivity index (χ2n) is 6.10. The van der Waals surface area contributed by atoms with Gasteiger partial charge in [0.2, 0.25) is 5.91 Å². The zero-order chi connectivity index (χ0) is 17.9. The van der Waals surface area contributed by atoms with Crippen molar-refractivity contribution in [2.75, 3.05) is 11.1 Å². The largest absolute Gasteiger partial charge is 0.325 e. The Morgan fingerprint density at radius 1 is 1.31 bits per heavy atom. The highest BCUT2D eigenvalue weighted by Crippen LogP contribution is 2.39. The van der Waals surface area contributed by atoms with Crippen molar-refractivity contribution < 1.29 is 4.79 Å². The summed E-state index contributed by atoms with van der Waals surface area (Å²) in [6.45, 7) is 0. The number of hydrogen-bond donors (Lipinski definition) is 1. The number of rotatable bonds is 7. The van der Waals surface area contributed by atoms with Crippen LogP contribution >= 0.6 is 34.7 Å². The second-order valence-corrected chi connectivity index (χ2v) is 8.51. The molecule has 0 unspecified atom stereocenters. The van der Waals surface area contributed by atoms with Crippen LogP contribution in [0.4, 0.5) is 5.69 Å². The summed E-state index contributed by atoms with van der Waals surface area (Å²) >= 11 is 9.10. The Labute approximate surface area is 164 Å². The van der Waals surface area contributed by atoms with Gasteiger partial charge in [-0.25, -0.2) is 0 Å². The molecule has 0 radical (unpaired) electrons. The molecule has 0 aliphatic heterocycles. The van der Waals surface area contributed by atoms with Crippen LogP contribution in [0.1, 0.15) is 29.6 Å². The Bertz CT molecular complexity index is 906. The van der Waals surface area contributed by atoms with Crippen LogP contribution in [0, 0.1) is 0 Å². The van der Waals surface area contributed by atoms with Crippen LogP contribution in [0.2, 0.25) is 5.02 Å². The van der Waals surface area contributed by atoms with Crippen molar-refractivity contribution in [2.24, 2.45) is 0 Å². The van der Waals surface area contributed by atoms with E-state index in [4.69, 9.17) is 11.6 Å². The van der Waals surface area contributed by atoms with Gasteiger partial charge in [0, 0.05) is 28.0 Å². The molecule has 4 rings (SSSR count). The average Bonchev–Trinajstić information content (AvgIpc) is 3.17. The second kappa shape index (κ2) is 7.82. The van der Waals surface area contributed by atoms with E-state index < -0.39 is 0 Å². The van der Waals surface area contributed by atoms with Gasteiger partial charge >= 0.3 is 0 Å². The fraction of sp³-hybridized carbons (Fsp3) is 0.278. The smallest absolute Gasteiger partial charge is 0.234 e. The normalized spacial score (nSPS) is 13.7. The molecule has 3 aromatic rings. The van der Waals surface area contributed by atoms with Gasteiger partial charge in [-0.05, 0) is 42.5 Å². The number of carbonyl (C=O) groups excluding carboxylic acids is 1. The molecule has 1 aromatic carbocycles. The molecule has 1 fully saturated rings. The van der Waals surface area contributed by atoms with Gasteiger partial charge in [0.1, 0.15) is 5.82 Å². The van der Waals surface area contributed by atoms with E-state index in [0.717, 1.165) is 30.2 Å². The predicted octanol–water partition coefficient (Wildman–Crippen LogP) is 4.65. The molecular weight excluding hydrogens is 388 g/mol. The Kier molecular flexibility index (Phi) is 5.28. The summed E-state index contributed by atoms with van der Waals surface area (Å²) in [5.41, 5.74) is 0.699. The van der Waals surface area contributed by atoms with E-state index in [1.54, 1.807) is 23.5 Å². The van der Waals surface area contributed by atoms with Crippen LogP contribution in [0.15, 0.2) is 46.9 Å². The number of benzene rings is 1. The maximum absolute atomic E-state index is 12.2. The summed E-state index contributed by atoms with van der Waals surface area (Å²) in [6, 6.07) is 11.8. The summed E-state index contributed by atoms with van der Waals surface area (Å²) in [7, 11) is 0. The van der Waals surface area contributed by atoms with Gasteiger partial charge in [0.25, 0.3) is 0 Å². The molecule has 0 atom stereocenters. The maximum atomic E-state index is 12.2. The number of nitrogens with zero attached hydrogens (tertiary/aromatic N) is 3. The minimum atomic E-state index is -0.0811. The summed E-state index contributed by atoms with van der Waals surface area (Å²) in [5.74, 6) is 1.19. The molecule has 0 spiro atoms. The molecular formula is C18H17ClN4OS2. The molecule has 5 nitrogen and oxygen atoms in total. The monoisotopic (exact) mass is 404 g/mol. The van der Waals surface area contributed by atoms with Crippen LogP contribution in [0.25, 0.3) is 0 Å². The Morgan fingerprint density at radius 2 is 2.19 bits per heavy atom. The van der Waals surface area contributed by atoms with Crippen molar-refractivity contribution in [2.45, 2.75) is 30.5 Å². The standard InChI is InChI=1S/C18H17ClN4OS2/c19-12-3-1-4-13(9-12)20-17(24)11-26-18-22-21-16(23(18)14-6-7-14)10-15-5-2-8-25-15/h1-5,8-9,14H,6-7,10-11H2,(H,20,24). The van der Waals surface area contributed by atoms with Crippen molar-refractivity contribution >= 4 is 46.3 Å². The number of hydrogen-bond acceptors (Lipinski definition) is 5. The maximum Gasteiger partial charge on any atom is 0.234 e. The number of thioether (sulfide) groups is 1. The summed E-state index contributed by atoms with van der Waals surface area (Å²) < 4.78 is 2.21. The van der Waals surface area contributed by atoms with Crippen molar-refractivity contribution in [3.63, 3.8) is 0 Å². The number of nitrogens with one attached hydrogen (secondary N) is 1. The number of anilines is 1. The third-order valence-electron chi connectivity index (χ3n) is 4.00. The minimum Gasteiger partial charge on any atom is -0.325 e. The van der Waals surface area contributed by atoms with Gasteiger partial charge in [-0.15, -0.1) is 21.5 Å². The topological polar surface area (TPSA) is 59.8 Å². The van der Waals surface area contributed by atoms with E-state index in [1.807, 2.05) is 18.2 Å². The van der Waals surface area contributed by atoms with Gasteiger partial charge in [-0.3, -0.25) is 4.79 Å². The molecule has 0 bridgehead atoms. The zero-order valence-electron chi connectivity index (χ0n) is 13.9. The van der Waals surface area contributed by atoms with Gasteiger partial charge in [-0.2, -0.15) is 0 Å². The highest BCUT2D eigenvalue weighted by molar-refractivity contribution is 7.99. The molecule has 1 aliphatic carbocycles. The molecule has 1 amide bonds. The Hall–Kier alpha value is -1.83. The molecule has 26 heavy (non-hydrogen) atoms. The number of halogens is 1. The number of thiophene rings is 1. The zero-order valence-corrected chi connectivity index (χ0v) is 16.3. The van der Waals surface area contributed by atoms with Gasteiger partial charge in [0.05, 0.1) is 5.75 Å². The average molecular weight is 405 g/mol.